The maximum absolute atomic E-state index is 12.9. The average molecular weight is 435 g/mol. The van der Waals surface area contributed by atoms with Gasteiger partial charge in [0.2, 0.25) is 0 Å². The minimum absolute atomic E-state index is 0.0230. The van der Waals surface area contributed by atoms with Crippen LogP contribution in [0.3, 0.4) is 0 Å². The number of thiophene rings is 1. The molecule has 0 amide bonds. The molecular formula is C29H22O2S. The number of benzene rings is 3. The Kier molecular flexibility index (Phi) is 5.57. The molecule has 0 saturated carbocycles. The quantitative estimate of drug-likeness (QED) is 0.241. The van der Waals surface area contributed by atoms with Crippen molar-refractivity contribution in [2.45, 2.75) is 12.8 Å². The number of fused-ring (bicyclic) bond motifs is 1. The summed E-state index contributed by atoms with van der Waals surface area (Å²) in [5, 5.41) is 2.05. The Morgan fingerprint density at radius 3 is 2.38 bits per heavy atom. The van der Waals surface area contributed by atoms with Gasteiger partial charge in [0.15, 0.2) is 5.78 Å². The van der Waals surface area contributed by atoms with Crippen molar-refractivity contribution in [2.24, 2.45) is 0 Å². The minimum atomic E-state index is -0.0301. The number of ether oxygens (including phenoxy) is 1. The number of hydrogen-bond acceptors (Lipinski definition) is 3. The van der Waals surface area contributed by atoms with Gasteiger partial charge in [-0.1, -0.05) is 90.5 Å². The molecule has 5 rings (SSSR count). The number of para-hydroxylation sites is 1. The molecule has 3 aromatic carbocycles. The zero-order valence-corrected chi connectivity index (χ0v) is 18.5. The molecule has 0 spiro atoms. The van der Waals surface area contributed by atoms with E-state index in [0.717, 1.165) is 27.5 Å². The zero-order chi connectivity index (χ0) is 21.9. The summed E-state index contributed by atoms with van der Waals surface area (Å²) >= 11 is 1.64. The molecule has 1 atom stereocenters. The van der Waals surface area contributed by atoms with Crippen LogP contribution in [0.4, 0.5) is 0 Å². The van der Waals surface area contributed by atoms with Gasteiger partial charge in [-0.15, -0.1) is 11.3 Å². The Hall–Kier alpha value is -3.69. The molecule has 3 heteroatoms. The summed E-state index contributed by atoms with van der Waals surface area (Å²) in [5.41, 5.74) is 5.15. The molecule has 0 radical (unpaired) electrons. The summed E-state index contributed by atoms with van der Waals surface area (Å²) in [4.78, 5) is 13.9. The summed E-state index contributed by atoms with van der Waals surface area (Å²) in [6, 6.07) is 30.2. The van der Waals surface area contributed by atoms with Crippen LogP contribution in [0.2, 0.25) is 0 Å². The predicted octanol–water partition coefficient (Wildman–Crippen LogP) is 7.43. The zero-order valence-electron chi connectivity index (χ0n) is 17.7. The van der Waals surface area contributed by atoms with E-state index in [9.17, 15) is 4.79 Å². The normalized spacial score (nSPS) is 15.5. The molecule has 0 saturated heterocycles. The highest BCUT2D eigenvalue weighted by atomic mass is 32.1. The maximum atomic E-state index is 12.9. The molecule has 0 unspecified atom stereocenters. The maximum Gasteiger partial charge on any atom is 0.185 e. The Balaban J connectivity index is 1.67. The molecule has 1 aliphatic rings. The monoisotopic (exact) mass is 434 g/mol. The van der Waals surface area contributed by atoms with Gasteiger partial charge in [0, 0.05) is 22.6 Å². The van der Waals surface area contributed by atoms with Crippen LogP contribution in [-0.2, 0) is 0 Å². The van der Waals surface area contributed by atoms with E-state index in [1.54, 1.807) is 17.4 Å². The Morgan fingerprint density at radius 1 is 0.875 bits per heavy atom. The molecule has 1 aromatic heterocycles. The van der Waals surface area contributed by atoms with Crippen molar-refractivity contribution in [3.8, 4) is 5.75 Å². The largest absolute Gasteiger partial charge is 0.455 e. The van der Waals surface area contributed by atoms with E-state index >= 15 is 0 Å². The lowest BCUT2D eigenvalue weighted by Gasteiger charge is -2.29. The molecular weight excluding hydrogens is 412 g/mol. The van der Waals surface area contributed by atoms with Crippen LogP contribution < -0.4 is 4.74 Å². The van der Waals surface area contributed by atoms with Gasteiger partial charge in [-0.2, -0.15) is 0 Å². The first-order chi connectivity index (χ1) is 15.7. The van der Waals surface area contributed by atoms with Crippen molar-refractivity contribution < 1.29 is 9.53 Å². The van der Waals surface area contributed by atoms with Crippen LogP contribution in [0.25, 0.3) is 5.76 Å². The highest BCUT2D eigenvalue weighted by molar-refractivity contribution is 7.11. The highest BCUT2D eigenvalue weighted by Gasteiger charge is 2.30. The second-order valence-corrected chi connectivity index (χ2v) is 8.76. The number of hydrogen-bond donors (Lipinski definition) is 0. The SMILES string of the molecule is Cc1ccc([C@H]2C(/C=C/C(=O)c3ccccc3)=C(c3cccs3)Oc3ccccc32)cc1. The molecule has 156 valence electrons. The Morgan fingerprint density at radius 2 is 1.62 bits per heavy atom. The van der Waals surface area contributed by atoms with Gasteiger partial charge in [-0.05, 0) is 36.1 Å². The summed E-state index contributed by atoms with van der Waals surface area (Å²) in [7, 11) is 0. The third kappa shape index (κ3) is 3.95. The summed E-state index contributed by atoms with van der Waals surface area (Å²) in [6.07, 6.45) is 3.60. The van der Waals surface area contributed by atoms with Crippen molar-refractivity contribution >= 4 is 22.9 Å². The summed E-state index contributed by atoms with van der Waals surface area (Å²) in [6.45, 7) is 2.09. The van der Waals surface area contributed by atoms with Gasteiger partial charge in [0.25, 0.3) is 0 Å². The standard InChI is InChI=1S/C29H22O2S/c1-20-13-15-22(16-14-20)28-23-10-5-6-11-26(23)31-29(27-12-7-19-32-27)24(28)17-18-25(30)21-8-3-2-4-9-21/h2-19,28H,1H3/b18-17+/t28-/m1/s1. The van der Waals surface area contributed by atoms with Crippen LogP contribution >= 0.6 is 11.3 Å². The van der Waals surface area contributed by atoms with Crippen molar-refractivity contribution in [3.05, 3.63) is 141 Å². The topological polar surface area (TPSA) is 26.3 Å². The van der Waals surface area contributed by atoms with E-state index in [1.807, 2.05) is 66.1 Å². The lowest BCUT2D eigenvalue weighted by Crippen LogP contribution is -2.15. The minimum Gasteiger partial charge on any atom is -0.455 e. The first-order valence-corrected chi connectivity index (χ1v) is 11.5. The van der Waals surface area contributed by atoms with E-state index in [4.69, 9.17) is 4.74 Å². The first-order valence-electron chi connectivity index (χ1n) is 10.6. The molecule has 32 heavy (non-hydrogen) atoms. The van der Waals surface area contributed by atoms with Crippen LogP contribution in [0.15, 0.2) is 114 Å². The van der Waals surface area contributed by atoms with Gasteiger partial charge in [0.1, 0.15) is 11.5 Å². The van der Waals surface area contributed by atoms with Crippen LogP contribution in [-0.4, -0.2) is 5.78 Å². The van der Waals surface area contributed by atoms with Gasteiger partial charge in [-0.3, -0.25) is 4.79 Å². The third-order valence-electron chi connectivity index (χ3n) is 5.64. The van der Waals surface area contributed by atoms with E-state index in [0.29, 0.717) is 5.56 Å². The van der Waals surface area contributed by atoms with E-state index in [1.165, 1.54) is 11.1 Å². The van der Waals surface area contributed by atoms with Crippen molar-refractivity contribution in [3.63, 3.8) is 0 Å². The van der Waals surface area contributed by atoms with Crippen molar-refractivity contribution in [1.82, 2.24) is 0 Å². The predicted molar refractivity (Wildman–Crippen MR) is 131 cm³/mol. The van der Waals surface area contributed by atoms with Crippen molar-refractivity contribution in [2.75, 3.05) is 0 Å². The van der Waals surface area contributed by atoms with E-state index < -0.39 is 0 Å². The summed E-state index contributed by atoms with van der Waals surface area (Å²) in [5.74, 6) is 1.61. The lowest BCUT2D eigenvalue weighted by atomic mass is 9.81. The molecule has 4 aromatic rings. The molecule has 0 N–H and O–H groups in total. The van der Waals surface area contributed by atoms with Crippen LogP contribution in [0, 0.1) is 6.92 Å². The fourth-order valence-corrected chi connectivity index (χ4v) is 4.76. The first kappa shape index (κ1) is 20.2. The lowest BCUT2D eigenvalue weighted by molar-refractivity contribution is 0.104. The number of aryl methyl sites for hydroxylation is 1. The molecule has 2 heterocycles. The molecule has 1 aliphatic heterocycles. The Bertz CT molecular complexity index is 1300. The highest BCUT2D eigenvalue weighted by Crippen LogP contribution is 2.46. The molecule has 2 nitrogen and oxygen atoms in total. The van der Waals surface area contributed by atoms with Gasteiger partial charge >= 0.3 is 0 Å². The molecule has 0 fully saturated rings. The average Bonchev–Trinajstić information content (AvgIpc) is 3.38. The third-order valence-corrected chi connectivity index (χ3v) is 6.51. The smallest absolute Gasteiger partial charge is 0.185 e. The number of carbonyl (C=O) groups is 1. The second-order valence-electron chi connectivity index (χ2n) is 7.81. The number of ketones is 1. The fourth-order valence-electron chi connectivity index (χ4n) is 4.03. The fraction of sp³-hybridized carbons (Fsp3) is 0.0690. The van der Waals surface area contributed by atoms with Gasteiger partial charge in [0.05, 0.1) is 4.88 Å². The van der Waals surface area contributed by atoms with E-state index in [2.05, 4.69) is 43.3 Å². The summed E-state index contributed by atoms with van der Waals surface area (Å²) < 4.78 is 6.43. The van der Waals surface area contributed by atoms with Crippen LogP contribution in [0.5, 0.6) is 5.75 Å². The van der Waals surface area contributed by atoms with Gasteiger partial charge < -0.3 is 4.74 Å². The van der Waals surface area contributed by atoms with Crippen LogP contribution in [0.1, 0.15) is 37.8 Å². The number of carbonyl (C=O) groups excluding carboxylic acids is 1. The van der Waals surface area contributed by atoms with Crippen molar-refractivity contribution in [1.29, 1.82) is 0 Å². The van der Waals surface area contributed by atoms with E-state index in [-0.39, 0.29) is 11.7 Å². The molecule has 0 bridgehead atoms. The Labute approximate surface area is 192 Å². The number of allylic oxidation sites excluding steroid dienone is 3. The van der Waals surface area contributed by atoms with Gasteiger partial charge in [-0.25, -0.2) is 0 Å². The number of rotatable bonds is 5. The molecule has 0 aliphatic carbocycles. The second kappa shape index (κ2) is 8.81.